The first kappa shape index (κ1) is 22.2. The van der Waals surface area contributed by atoms with Crippen LogP contribution in [-0.4, -0.2) is 53.5 Å². The van der Waals surface area contributed by atoms with E-state index in [1.54, 1.807) is 6.07 Å². The van der Waals surface area contributed by atoms with Crippen molar-refractivity contribution in [2.24, 2.45) is 0 Å². The number of rotatable bonds is 6. The number of nitrogens with zero attached hydrogens (tertiary/aromatic N) is 3. The van der Waals surface area contributed by atoms with E-state index in [2.05, 4.69) is 33.9 Å². The lowest BCUT2D eigenvalue weighted by Crippen LogP contribution is -2.46. The smallest absolute Gasteiger partial charge is 0.449 e. The summed E-state index contributed by atoms with van der Waals surface area (Å²) >= 11 is 0. The van der Waals surface area contributed by atoms with Crippen molar-refractivity contribution in [2.45, 2.75) is 18.9 Å². The second-order valence-electron chi connectivity index (χ2n) is 8.75. The molecule has 5 rings (SSSR count). The fraction of sp³-hybridized carbons (Fsp3) is 0.308. The van der Waals surface area contributed by atoms with E-state index in [1.165, 1.54) is 12.3 Å². The van der Waals surface area contributed by atoms with Gasteiger partial charge in [0.2, 0.25) is 5.43 Å². The zero-order chi connectivity index (χ0) is 23.7. The number of piperazine rings is 1. The van der Waals surface area contributed by atoms with Gasteiger partial charge in [-0.25, -0.2) is 9.18 Å². The Labute approximate surface area is 196 Å². The molecule has 1 saturated carbocycles. The minimum absolute atomic E-state index is 0.136. The molecule has 2 aromatic carbocycles. The highest BCUT2D eigenvalue weighted by Gasteiger charge is 2.28. The molecule has 7 nitrogen and oxygen atoms in total. The molecule has 0 amide bonds. The van der Waals surface area contributed by atoms with E-state index in [0.29, 0.717) is 24.3 Å². The number of carbonyl (C=O) groups is 1. The van der Waals surface area contributed by atoms with Gasteiger partial charge in [0.15, 0.2) is 5.75 Å². The molecule has 0 radical (unpaired) electrons. The normalized spacial score (nSPS) is 16.9. The van der Waals surface area contributed by atoms with Crippen molar-refractivity contribution in [3.63, 3.8) is 0 Å². The summed E-state index contributed by atoms with van der Waals surface area (Å²) in [4.78, 5) is 28.1. The quantitative estimate of drug-likeness (QED) is 0.548. The van der Waals surface area contributed by atoms with Gasteiger partial charge in [-0.2, -0.15) is 0 Å². The number of aromatic nitrogens is 1. The molecule has 176 valence electrons. The number of hydrogen-bond donors (Lipinski definition) is 1. The number of carboxylic acid groups (broad SMARTS) is 1. The Hall–Kier alpha value is -3.65. The van der Waals surface area contributed by atoms with Crippen LogP contribution in [0.3, 0.4) is 0 Å². The Morgan fingerprint density at radius 3 is 2.53 bits per heavy atom. The lowest BCUT2D eigenvalue weighted by atomic mass is 10.1. The van der Waals surface area contributed by atoms with Crippen molar-refractivity contribution in [1.29, 1.82) is 0 Å². The van der Waals surface area contributed by atoms with Crippen LogP contribution < -0.4 is 15.1 Å². The van der Waals surface area contributed by atoms with Crippen molar-refractivity contribution >= 4 is 28.8 Å². The minimum Gasteiger partial charge on any atom is -0.449 e. The molecular weight excluding hydrogens is 437 g/mol. The summed E-state index contributed by atoms with van der Waals surface area (Å²) in [7, 11) is 0. The first-order valence-electron chi connectivity index (χ1n) is 11.5. The molecule has 0 spiro atoms. The van der Waals surface area contributed by atoms with Gasteiger partial charge in [-0.05, 0) is 30.5 Å². The Balaban J connectivity index is 1.35. The fourth-order valence-electron chi connectivity index (χ4n) is 4.47. The van der Waals surface area contributed by atoms with Crippen LogP contribution in [0.1, 0.15) is 24.4 Å². The second kappa shape index (κ2) is 9.30. The molecule has 8 heteroatoms. The predicted molar refractivity (Wildman–Crippen MR) is 129 cm³/mol. The summed E-state index contributed by atoms with van der Waals surface area (Å²) in [6, 6.07) is 13.2. The topological polar surface area (TPSA) is 75.0 Å². The molecule has 0 atom stereocenters. The fourth-order valence-corrected chi connectivity index (χ4v) is 4.47. The Bertz CT molecular complexity index is 1290. The van der Waals surface area contributed by atoms with Crippen molar-refractivity contribution in [2.75, 3.05) is 37.6 Å². The van der Waals surface area contributed by atoms with Gasteiger partial charge in [-0.1, -0.05) is 42.5 Å². The Morgan fingerprint density at radius 1 is 1.12 bits per heavy atom. The molecule has 3 aromatic rings. The summed E-state index contributed by atoms with van der Waals surface area (Å²) in [6.45, 7) is 3.79. The van der Waals surface area contributed by atoms with Crippen LogP contribution in [0.5, 0.6) is 5.75 Å². The SMILES string of the molecule is O=C(O)Oc1cn(C2CC2)c2cc(N3CCN(CC=Cc4ccccc4)CC3)c(F)cc2c1=O. The Kier molecular flexibility index (Phi) is 6.06. The van der Waals surface area contributed by atoms with Gasteiger partial charge in [0.1, 0.15) is 5.82 Å². The number of fused-ring (bicyclic) bond motifs is 1. The number of anilines is 1. The molecular formula is C26H26FN3O4. The summed E-state index contributed by atoms with van der Waals surface area (Å²) < 4.78 is 21.7. The van der Waals surface area contributed by atoms with Crippen LogP contribution >= 0.6 is 0 Å². The van der Waals surface area contributed by atoms with Crippen LogP contribution in [0.25, 0.3) is 17.0 Å². The molecule has 0 bridgehead atoms. The zero-order valence-electron chi connectivity index (χ0n) is 18.7. The van der Waals surface area contributed by atoms with Gasteiger partial charge >= 0.3 is 6.16 Å². The maximum absolute atomic E-state index is 15.1. The van der Waals surface area contributed by atoms with Crippen LogP contribution in [0.2, 0.25) is 0 Å². The van der Waals surface area contributed by atoms with E-state index in [0.717, 1.165) is 38.0 Å². The largest absolute Gasteiger partial charge is 0.511 e. The molecule has 2 fully saturated rings. The first-order chi connectivity index (χ1) is 16.5. The second-order valence-corrected chi connectivity index (χ2v) is 8.75. The van der Waals surface area contributed by atoms with Crippen molar-refractivity contribution in [3.8, 4) is 5.75 Å². The van der Waals surface area contributed by atoms with Crippen LogP contribution in [0.4, 0.5) is 14.9 Å². The van der Waals surface area contributed by atoms with Gasteiger partial charge in [0.25, 0.3) is 0 Å². The van der Waals surface area contributed by atoms with Gasteiger partial charge < -0.3 is 19.3 Å². The van der Waals surface area contributed by atoms with Crippen LogP contribution in [0, 0.1) is 5.82 Å². The third-order valence-corrected chi connectivity index (χ3v) is 6.39. The zero-order valence-corrected chi connectivity index (χ0v) is 18.7. The monoisotopic (exact) mass is 463 g/mol. The highest BCUT2D eigenvalue weighted by molar-refractivity contribution is 5.85. The van der Waals surface area contributed by atoms with E-state index in [9.17, 15) is 9.59 Å². The number of ether oxygens (including phenoxy) is 1. The average molecular weight is 464 g/mol. The van der Waals surface area contributed by atoms with E-state index >= 15 is 4.39 Å². The van der Waals surface area contributed by atoms with Gasteiger partial charge in [-0.3, -0.25) is 9.69 Å². The van der Waals surface area contributed by atoms with E-state index in [1.807, 2.05) is 27.7 Å². The lowest BCUT2D eigenvalue weighted by molar-refractivity contribution is 0.143. The molecule has 1 aromatic heterocycles. The molecule has 1 saturated heterocycles. The molecule has 1 aliphatic carbocycles. The number of hydrogen-bond acceptors (Lipinski definition) is 5. The Morgan fingerprint density at radius 2 is 1.85 bits per heavy atom. The van der Waals surface area contributed by atoms with Crippen molar-refractivity contribution in [1.82, 2.24) is 9.47 Å². The van der Waals surface area contributed by atoms with Gasteiger partial charge in [0.05, 0.1) is 22.8 Å². The molecule has 2 heterocycles. The molecule has 0 unspecified atom stereocenters. The standard InChI is InChI=1S/C26H26FN3O4/c27-21-15-20-22(30(19-8-9-19)17-24(25(20)31)34-26(32)33)16-23(21)29-13-11-28(12-14-29)10-4-7-18-5-2-1-3-6-18/h1-7,15-17,19H,8-14H2,(H,32,33). The maximum Gasteiger partial charge on any atom is 0.511 e. The highest BCUT2D eigenvalue weighted by atomic mass is 19.1. The molecule has 1 aliphatic heterocycles. The van der Waals surface area contributed by atoms with Crippen LogP contribution in [0.15, 0.2) is 59.5 Å². The molecule has 1 N–H and O–H groups in total. The summed E-state index contributed by atoms with van der Waals surface area (Å²) in [6.07, 6.45) is 5.97. The number of benzene rings is 2. The van der Waals surface area contributed by atoms with Crippen LogP contribution in [-0.2, 0) is 0 Å². The first-order valence-corrected chi connectivity index (χ1v) is 11.5. The summed E-state index contributed by atoms with van der Waals surface area (Å²) in [5.74, 6) is -0.784. The van der Waals surface area contributed by atoms with E-state index in [4.69, 9.17) is 5.11 Å². The highest BCUT2D eigenvalue weighted by Crippen LogP contribution is 2.39. The molecule has 2 aliphatic rings. The maximum atomic E-state index is 15.1. The predicted octanol–water partition coefficient (Wildman–Crippen LogP) is 4.37. The number of pyridine rings is 1. The van der Waals surface area contributed by atoms with Crippen molar-refractivity contribution < 1.29 is 19.0 Å². The van der Waals surface area contributed by atoms with E-state index < -0.39 is 17.4 Å². The van der Waals surface area contributed by atoms with Gasteiger partial charge in [0, 0.05) is 38.8 Å². The third-order valence-electron chi connectivity index (χ3n) is 6.39. The summed E-state index contributed by atoms with van der Waals surface area (Å²) in [5.41, 5.74) is 1.62. The summed E-state index contributed by atoms with van der Waals surface area (Å²) in [5, 5.41) is 9.09. The third kappa shape index (κ3) is 4.68. The van der Waals surface area contributed by atoms with Crippen molar-refractivity contribution in [3.05, 3.63) is 76.3 Å². The lowest BCUT2D eigenvalue weighted by Gasteiger charge is -2.36. The van der Waals surface area contributed by atoms with Gasteiger partial charge in [-0.15, -0.1) is 0 Å². The number of halogens is 1. The van der Waals surface area contributed by atoms with E-state index in [-0.39, 0.29) is 17.2 Å². The molecule has 34 heavy (non-hydrogen) atoms. The minimum atomic E-state index is -1.56. The average Bonchev–Trinajstić information content (AvgIpc) is 3.67.